The molecule has 4 heterocycles. The number of hydrogen-bond acceptors (Lipinski definition) is 4. The molecule has 2 amide bonds. The monoisotopic (exact) mass is 312 g/mol. The fraction of sp³-hybridized carbons (Fsp3) is 0.471. The number of carbonyl (C=O) groups is 1. The maximum Gasteiger partial charge on any atom is 0.317 e. The van der Waals surface area contributed by atoms with Crippen molar-refractivity contribution in [1.82, 2.24) is 20.2 Å². The molecule has 0 bridgehead atoms. The molecule has 2 aromatic rings. The van der Waals surface area contributed by atoms with Crippen LogP contribution in [-0.2, 0) is 17.7 Å². The molecule has 0 aromatic carbocycles. The van der Waals surface area contributed by atoms with Crippen molar-refractivity contribution in [1.29, 1.82) is 0 Å². The van der Waals surface area contributed by atoms with Crippen molar-refractivity contribution in [2.24, 2.45) is 0 Å². The van der Waals surface area contributed by atoms with Gasteiger partial charge in [0.25, 0.3) is 0 Å². The van der Waals surface area contributed by atoms with E-state index < -0.39 is 0 Å². The molecule has 6 nitrogen and oxygen atoms in total. The normalized spacial score (nSPS) is 18.7. The number of aromatic nitrogens is 2. The summed E-state index contributed by atoms with van der Waals surface area (Å²) in [6.45, 7) is 2.78. The number of ether oxygens (including phenoxy) is 1. The lowest BCUT2D eigenvalue weighted by molar-refractivity contribution is 0.0778. The summed E-state index contributed by atoms with van der Waals surface area (Å²) in [7, 11) is 0. The highest BCUT2D eigenvalue weighted by molar-refractivity contribution is 5.77. The van der Waals surface area contributed by atoms with Crippen LogP contribution >= 0.6 is 0 Å². The third-order valence-corrected chi connectivity index (χ3v) is 4.57. The number of amides is 2. The molecule has 0 saturated carbocycles. The number of pyridine rings is 2. The summed E-state index contributed by atoms with van der Waals surface area (Å²) in [5.74, 6) is 0. The summed E-state index contributed by atoms with van der Waals surface area (Å²) in [6, 6.07) is 6.29. The summed E-state index contributed by atoms with van der Waals surface area (Å²) in [5.41, 5.74) is 2.97. The van der Waals surface area contributed by atoms with Gasteiger partial charge in [-0.15, -0.1) is 0 Å². The third kappa shape index (κ3) is 2.99. The van der Waals surface area contributed by atoms with Crippen LogP contribution in [-0.4, -0.2) is 46.7 Å². The highest BCUT2D eigenvalue weighted by Crippen LogP contribution is 2.21. The smallest absolute Gasteiger partial charge is 0.317 e. The van der Waals surface area contributed by atoms with Gasteiger partial charge in [0.1, 0.15) is 0 Å². The van der Waals surface area contributed by atoms with E-state index in [4.69, 9.17) is 4.74 Å². The number of fused-ring (bicyclic) bond motifs is 2. The van der Waals surface area contributed by atoms with Crippen LogP contribution in [0.4, 0.5) is 4.79 Å². The number of urea groups is 1. The van der Waals surface area contributed by atoms with Crippen LogP contribution in [0, 0.1) is 0 Å². The van der Waals surface area contributed by atoms with Gasteiger partial charge in [-0.1, -0.05) is 0 Å². The van der Waals surface area contributed by atoms with Crippen molar-refractivity contribution in [3.63, 3.8) is 0 Å². The zero-order valence-corrected chi connectivity index (χ0v) is 13.0. The first-order chi connectivity index (χ1) is 11.3. The average molecular weight is 312 g/mol. The maximum absolute atomic E-state index is 12.5. The quantitative estimate of drug-likeness (QED) is 0.873. The molecule has 1 fully saturated rings. The molecule has 2 aliphatic rings. The van der Waals surface area contributed by atoms with Gasteiger partial charge in [-0.2, -0.15) is 0 Å². The van der Waals surface area contributed by atoms with E-state index in [1.165, 1.54) is 0 Å². The van der Waals surface area contributed by atoms with E-state index >= 15 is 0 Å². The van der Waals surface area contributed by atoms with Gasteiger partial charge in [0.15, 0.2) is 5.65 Å². The van der Waals surface area contributed by atoms with Crippen molar-refractivity contribution in [3.05, 3.63) is 35.7 Å². The van der Waals surface area contributed by atoms with Crippen molar-refractivity contribution < 1.29 is 9.53 Å². The van der Waals surface area contributed by atoms with Gasteiger partial charge in [-0.05, 0) is 36.6 Å². The molecule has 0 atom stereocenters. The van der Waals surface area contributed by atoms with Crippen LogP contribution in [0.25, 0.3) is 11.0 Å². The third-order valence-electron chi connectivity index (χ3n) is 4.57. The molecule has 6 heteroatoms. The molecule has 1 N–H and O–H groups in total. The second-order valence-electron chi connectivity index (χ2n) is 6.15. The summed E-state index contributed by atoms with van der Waals surface area (Å²) in [4.78, 5) is 23.3. The van der Waals surface area contributed by atoms with Crippen molar-refractivity contribution >= 4 is 17.1 Å². The fourth-order valence-corrected chi connectivity index (χ4v) is 3.25. The molecule has 0 aliphatic carbocycles. The molecule has 2 aliphatic heterocycles. The van der Waals surface area contributed by atoms with Crippen LogP contribution in [0.2, 0.25) is 0 Å². The Morgan fingerprint density at radius 1 is 1.35 bits per heavy atom. The molecule has 2 aromatic heterocycles. The Morgan fingerprint density at radius 3 is 3.09 bits per heavy atom. The van der Waals surface area contributed by atoms with Crippen LogP contribution in [0.5, 0.6) is 0 Å². The molecule has 120 valence electrons. The fourth-order valence-electron chi connectivity index (χ4n) is 3.25. The zero-order chi connectivity index (χ0) is 15.6. The van der Waals surface area contributed by atoms with Gasteiger partial charge in [0, 0.05) is 56.0 Å². The number of nitrogens with one attached hydrogen (secondary N) is 1. The molecule has 23 heavy (non-hydrogen) atoms. The van der Waals surface area contributed by atoms with E-state index in [9.17, 15) is 4.79 Å². The molecular weight excluding hydrogens is 292 g/mol. The summed E-state index contributed by atoms with van der Waals surface area (Å²) >= 11 is 0. The van der Waals surface area contributed by atoms with Crippen LogP contribution in [0.15, 0.2) is 24.4 Å². The predicted molar refractivity (Wildman–Crippen MR) is 86.0 cm³/mol. The Balaban J connectivity index is 1.49. The Labute approximate surface area is 134 Å². The molecule has 1 saturated heterocycles. The second-order valence-corrected chi connectivity index (χ2v) is 6.15. The Morgan fingerprint density at radius 2 is 2.22 bits per heavy atom. The minimum atomic E-state index is 0.0221. The minimum absolute atomic E-state index is 0.0221. The lowest BCUT2D eigenvalue weighted by Gasteiger charge is -2.31. The number of carbonyl (C=O) groups excluding carboxylic acids is 1. The number of nitrogens with zero attached hydrogens (tertiary/aromatic N) is 3. The van der Waals surface area contributed by atoms with Gasteiger partial charge in [0.05, 0.1) is 0 Å². The Kier molecular flexibility index (Phi) is 3.83. The topological polar surface area (TPSA) is 67.3 Å². The van der Waals surface area contributed by atoms with Gasteiger partial charge >= 0.3 is 6.03 Å². The summed E-state index contributed by atoms with van der Waals surface area (Å²) in [5, 5.41) is 4.16. The van der Waals surface area contributed by atoms with Gasteiger partial charge in [-0.3, -0.25) is 0 Å². The van der Waals surface area contributed by atoms with E-state index in [0.717, 1.165) is 54.8 Å². The lowest BCUT2D eigenvalue weighted by Crippen LogP contribution is -2.48. The largest absolute Gasteiger partial charge is 0.381 e. The standard InChI is InChI=1S/C17H20N4O2/c22-17(19-14-4-8-23-9-5-14)21-7-3-15-13(11-21)10-12-2-1-6-18-16(12)20-15/h1-2,6,10,14H,3-5,7-9,11H2,(H,19,22). The first-order valence-electron chi connectivity index (χ1n) is 8.16. The van der Waals surface area contributed by atoms with Crippen molar-refractivity contribution in [3.8, 4) is 0 Å². The highest BCUT2D eigenvalue weighted by atomic mass is 16.5. The van der Waals surface area contributed by atoms with Gasteiger partial charge in [0.2, 0.25) is 0 Å². The van der Waals surface area contributed by atoms with Crippen LogP contribution in [0.3, 0.4) is 0 Å². The van der Waals surface area contributed by atoms with E-state index in [-0.39, 0.29) is 12.1 Å². The minimum Gasteiger partial charge on any atom is -0.381 e. The molecule has 4 rings (SSSR count). The Hall–Kier alpha value is -2.21. The second kappa shape index (κ2) is 6.12. The highest BCUT2D eigenvalue weighted by Gasteiger charge is 2.24. The Bertz CT molecular complexity index is 728. The summed E-state index contributed by atoms with van der Waals surface area (Å²) in [6.07, 6.45) is 4.34. The number of hydrogen-bond donors (Lipinski definition) is 1. The SMILES string of the molecule is O=C(NC1CCOCC1)N1CCc2nc3ncccc3cc2C1. The molecule has 0 unspecified atom stereocenters. The zero-order valence-electron chi connectivity index (χ0n) is 13.0. The first kappa shape index (κ1) is 14.4. The lowest BCUT2D eigenvalue weighted by atomic mass is 10.0. The predicted octanol–water partition coefficient (Wildman–Crippen LogP) is 1.88. The van der Waals surface area contributed by atoms with Crippen LogP contribution < -0.4 is 5.32 Å². The van der Waals surface area contributed by atoms with Gasteiger partial charge in [-0.25, -0.2) is 14.8 Å². The maximum atomic E-state index is 12.5. The van der Waals surface area contributed by atoms with Crippen molar-refractivity contribution in [2.75, 3.05) is 19.8 Å². The first-order valence-corrected chi connectivity index (χ1v) is 8.16. The van der Waals surface area contributed by atoms with Crippen LogP contribution in [0.1, 0.15) is 24.1 Å². The van der Waals surface area contributed by atoms with E-state index in [1.54, 1.807) is 6.20 Å². The summed E-state index contributed by atoms with van der Waals surface area (Å²) < 4.78 is 5.34. The van der Waals surface area contributed by atoms with E-state index in [2.05, 4.69) is 21.4 Å². The van der Waals surface area contributed by atoms with Crippen molar-refractivity contribution in [2.45, 2.75) is 31.8 Å². The molecule has 0 radical (unpaired) electrons. The number of rotatable bonds is 1. The van der Waals surface area contributed by atoms with Gasteiger partial charge < -0.3 is 15.0 Å². The average Bonchev–Trinajstić information content (AvgIpc) is 2.60. The molecular formula is C17H20N4O2. The molecule has 0 spiro atoms. The van der Waals surface area contributed by atoms with E-state index in [1.807, 2.05) is 17.0 Å². The van der Waals surface area contributed by atoms with E-state index in [0.29, 0.717) is 13.1 Å².